The van der Waals surface area contributed by atoms with E-state index >= 15 is 0 Å². The standard InChI is InChI=1S/C9H13NO3/c1-8(2)9(11)13-6-4-3-5-12-7-10/h1,3-6H2,2H3. The highest BCUT2D eigenvalue weighted by Crippen LogP contribution is 1.95. The van der Waals surface area contributed by atoms with E-state index in [1.54, 1.807) is 13.2 Å². The number of rotatable bonds is 6. The molecule has 0 aliphatic heterocycles. The molecule has 0 aromatic heterocycles. The lowest BCUT2D eigenvalue weighted by atomic mass is 10.3. The molecule has 0 saturated carbocycles. The Hall–Kier alpha value is -1.50. The normalized spacial score (nSPS) is 8.62. The molecule has 0 amide bonds. The molecule has 0 bridgehead atoms. The van der Waals surface area contributed by atoms with E-state index < -0.39 is 0 Å². The third kappa shape index (κ3) is 6.88. The fraction of sp³-hybridized carbons (Fsp3) is 0.556. The van der Waals surface area contributed by atoms with Crippen LogP contribution in [0.4, 0.5) is 0 Å². The molecule has 13 heavy (non-hydrogen) atoms. The van der Waals surface area contributed by atoms with Crippen molar-refractivity contribution in [1.82, 2.24) is 0 Å². The van der Waals surface area contributed by atoms with E-state index in [-0.39, 0.29) is 5.97 Å². The summed E-state index contributed by atoms with van der Waals surface area (Å²) in [6, 6.07) is 0. The topological polar surface area (TPSA) is 59.3 Å². The van der Waals surface area contributed by atoms with E-state index in [2.05, 4.69) is 11.3 Å². The van der Waals surface area contributed by atoms with Crippen molar-refractivity contribution in [1.29, 1.82) is 5.26 Å². The number of esters is 1. The van der Waals surface area contributed by atoms with Gasteiger partial charge in [0.25, 0.3) is 6.26 Å². The molecular formula is C9H13NO3. The highest BCUT2D eigenvalue weighted by molar-refractivity contribution is 5.86. The summed E-state index contributed by atoms with van der Waals surface area (Å²) in [5.74, 6) is -0.374. The van der Waals surface area contributed by atoms with Gasteiger partial charge in [-0.3, -0.25) is 0 Å². The van der Waals surface area contributed by atoms with Crippen LogP contribution in [0.2, 0.25) is 0 Å². The van der Waals surface area contributed by atoms with Crippen molar-refractivity contribution in [2.24, 2.45) is 0 Å². The van der Waals surface area contributed by atoms with E-state index in [4.69, 9.17) is 10.00 Å². The zero-order valence-corrected chi connectivity index (χ0v) is 7.71. The Balaban J connectivity index is 3.22. The van der Waals surface area contributed by atoms with Gasteiger partial charge in [-0.2, -0.15) is 5.26 Å². The van der Waals surface area contributed by atoms with Gasteiger partial charge in [0.1, 0.15) is 6.61 Å². The van der Waals surface area contributed by atoms with Crippen molar-refractivity contribution in [2.45, 2.75) is 19.8 Å². The molecule has 0 spiro atoms. The van der Waals surface area contributed by atoms with Gasteiger partial charge < -0.3 is 9.47 Å². The van der Waals surface area contributed by atoms with Gasteiger partial charge in [-0.05, 0) is 19.8 Å². The minimum atomic E-state index is -0.374. The summed E-state index contributed by atoms with van der Waals surface area (Å²) in [6.45, 7) is 5.76. The highest BCUT2D eigenvalue weighted by Gasteiger charge is 2.01. The molecule has 0 fully saturated rings. The molecule has 0 N–H and O–H groups in total. The maximum Gasteiger partial charge on any atom is 0.333 e. The Morgan fingerprint density at radius 2 is 2.08 bits per heavy atom. The fourth-order valence-corrected chi connectivity index (χ4v) is 0.610. The second kappa shape index (κ2) is 7.17. The third-order valence-corrected chi connectivity index (χ3v) is 1.29. The average Bonchev–Trinajstić information content (AvgIpc) is 2.10. The number of nitriles is 1. The molecule has 0 aromatic carbocycles. The number of ether oxygens (including phenoxy) is 2. The van der Waals surface area contributed by atoms with Crippen LogP contribution in [0.1, 0.15) is 19.8 Å². The minimum absolute atomic E-state index is 0.348. The molecule has 0 aliphatic carbocycles. The van der Waals surface area contributed by atoms with E-state index in [9.17, 15) is 4.79 Å². The molecule has 0 unspecified atom stereocenters. The molecule has 0 radical (unpaired) electrons. The van der Waals surface area contributed by atoms with Crippen LogP contribution in [0.15, 0.2) is 12.2 Å². The van der Waals surface area contributed by atoms with Crippen LogP contribution < -0.4 is 0 Å². The van der Waals surface area contributed by atoms with Gasteiger partial charge in [-0.1, -0.05) is 6.58 Å². The van der Waals surface area contributed by atoms with Crippen molar-refractivity contribution in [3.05, 3.63) is 12.2 Å². The maximum atomic E-state index is 10.8. The first-order valence-electron chi connectivity index (χ1n) is 4.02. The lowest BCUT2D eigenvalue weighted by Crippen LogP contribution is -2.06. The second-order valence-corrected chi connectivity index (χ2v) is 2.56. The summed E-state index contributed by atoms with van der Waals surface area (Å²) < 4.78 is 9.24. The number of unbranched alkanes of at least 4 members (excludes halogenated alkanes) is 1. The van der Waals surface area contributed by atoms with Crippen molar-refractivity contribution < 1.29 is 14.3 Å². The summed E-state index contributed by atoms with van der Waals surface area (Å²) >= 11 is 0. The second-order valence-electron chi connectivity index (χ2n) is 2.56. The Labute approximate surface area is 77.8 Å². The van der Waals surface area contributed by atoms with Crippen LogP contribution >= 0.6 is 0 Å². The van der Waals surface area contributed by atoms with Gasteiger partial charge in [-0.25, -0.2) is 4.79 Å². The first kappa shape index (κ1) is 11.5. The van der Waals surface area contributed by atoms with Crippen molar-refractivity contribution in [3.8, 4) is 6.26 Å². The Bertz CT molecular complexity index is 217. The van der Waals surface area contributed by atoms with Crippen LogP contribution in [0.5, 0.6) is 0 Å². The molecular weight excluding hydrogens is 170 g/mol. The van der Waals surface area contributed by atoms with Gasteiger partial charge in [0, 0.05) is 5.57 Å². The first-order chi connectivity index (χ1) is 6.18. The molecule has 4 heteroatoms. The number of nitrogens with zero attached hydrogens (tertiary/aromatic N) is 1. The van der Waals surface area contributed by atoms with Gasteiger partial charge in [0.15, 0.2) is 0 Å². The zero-order chi connectivity index (χ0) is 10.1. The Kier molecular flexibility index (Phi) is 6.34. The number of hydrogen-bond donors (Lipinski definition) is 0. The van der Waals surface area contributed by atoms with Crippen LogP contribution in [-0.2, 0) is 14.3 Å². The van der Waals surface area contributed by atoms with Gasteiger partial charge in [-0.15, -0.1) is 0 Å². The first-order valence-corrected chi connectivity index (χ1v) is 4.02. The lowest BCUT2D eigenvalue weighted by molar-refractivity contribution is -0.139. The molecule has 0 heterocycles. The zero-order valence-electron chi connectivity index (χ0n) is 7.71. The predicted octanol–water partition coefficient (Wildman–Crippen LogP) is 1.38. The van der Waals surface area contributed by atoms with Crippen LogP contribution in [0.25, 0.3) is 0 Å². The predicted molar refractivity (Wildman–Crippen MR) is 46.6 cm³/mol. The van der Waals surface area contributed by atoms with Gasteiger partial charge in [0.05, 0.1) is 6.61 Å². The molecule has 0 aromatic rings. The van der Waals surface area contributed by atoms with Crippen molar-refractivity contribution >= 4 is 5.97 Å². The van der Waals surface area contributed by atoms with Crippen molar-refractivity contribution in [2.75, 3.05) is 13.2 Å². The van der Waals surface area contributed by atoms with Crippen LogP contribution in [0, 0.1) is 11.5 Å². The van der Waals surface area contributed by atoms with E-state index in [0.717, 1.165) is 0 Å². The monoisotopic (exact) mass is 183 g/mol. The quantitative estimate of drug-likeness (QED) is 0.270. The molecule has 0 rings (SSSR count). The fourth-order valence-electron chi connectivity index (χ4n) is 0.610. The van der Waals surface area contributed by atoms with Gasteiger partial charge >= 0.3 is 5.97 Å². The van der Waals surface area contributed by atoms with Gasteiger partial charge in [0.2, 0.25) is 0 Å². The van der Waals surface area contributed by atoms with Crippen LogP contribution in [-0.4, -0.2) is 19.2 Å². The third-order valence-electron chi connectivity index (χ3n) is 1.29. The average molecular weight is 183 g/mol. The molecule has 0 aliphatic rings. The van der Waals surface area contributed by atoms with Crippen LogP contribution in [0.3, 0.4) is 0 Å². The summed E-state index contributed by atoms with van der Waals surface area (Å²) in [6.07, 6.45) is 2.96. The molecule has 4 nitrogen and oxygen atoms in total. The van der Waals surface area contributed by atoms with E-state index in [1.807, 2.05) is 0 Å². The number of carbonyl (C=O) groups is 1. The molecule has 0 atom stereocenters. The largest absolute Gasteiger partial charge is 0.462 e. The number of hydrogen-bond acceptors (Lipinski definition) is 4. The maximum absolute atomic E-state index is 10.8. The van der Waals surface area contributed by atoms with E-state index in [1.165, 1.54) is 0 Å². The van der Waals surface area contributed by atoms with Crippen molar-refractivity contribution in [3.63, 3.8) is 0 Å². The molecule has 0 saturated heterocycles. The lowest BCUT2D eigenvalue weighted by Gasteiger charge is -2.02. The summed E-state index contributed by atoms with van der Waals surface area (Å²) in [5.41, 5.74) is 0.397. The summed E-state index contributed by atoms with van der Waals surface area (Å²) in [7, 11) is 0. The molecule has 72 valence electrons. The van der Waals surface area contributed by atoms with E-state index in [0.29, 0.717) is 31.6 Å². The Morgan fingerprint density at radius 1 is 1.46 bits per heavy atom. The SMILES string of the molecule is C=C(C)C(=O)OCCCCOC#N. The summed E-state index contributed by atoms with van der Waals surface area (Å²) in [4.78, 5) is 10.8. The Morgan fingerprint density at radius 3 is 2.62 bits per heavy atom. The smallest absolute Gasteiger partial charge is 0.333 e. The summed E-state index contributed by atoms with van der Waals surface area (Å²) in [5, 5.41) is 8.01. The minimum Gasteiger partial charge on any atom is -0.462 e. The number of carbonyl (C=O) groups excluding carboxylic acids is 1. The highest BCUT2D eigenvalue weighted by atomic mass is 16.5.